The summed E-state index contributed by atoms with van der Waals surface area (Å²) in [4.78, 5) is 34.4. The van der Waals surface area contributed by atoms with Gasteiger partial charge in [0.2, 0.25) is 6.79 Å². The number of benzene rings is 3. The highest BCUT2D eigenvalue weighted by Gasteiger charge is 2.07. The van der Waals surface area contributed by atoms with Crippen molar-refractivity contribution in [1.29, 1.82) is 0 Å². The maximum Gasteiger partial charge on any atom is 0.333 e. The third-order valence-electron chi connectivity index (χ3n) is 5.03. The van der Waals surface area contributed by atoms with E-state index in [0.29, 0.717) is 23.7 Å². The molecule has 192 valence electrons. The number of carbonyl (C=O) groups excluding carboxylic acids is 3. The number of hydrogen-bond donors (Lipinski definition) is 0. The molecule has 3 aromatic carbocycles. The second-order valence-corrected chi connectivity index (χ2v) is 7.81. The van der Waals surface area contributed by atoms with E-state index in [0.717, 1.165) is 22.8 Å². The molecule has 0 radical (unpaired) electrons. The smallest absolute Gasteiger partial charge is 0.333 e. The van der Waals surface area contributed by atoms with Crippen molar-refractivity contribution >= 4 is 17.7 Å². The Bertz CT molecular complexity index is 1330. The van der Waals surface area contributed by atoms with Crippen molar-refractivity contribution in [2.45, 2.75) is 12.8 Å². The maximum absolute atomic E-state index is 12.2. The Morgan fingerprint density at radius 2 is 1.26 bits per heavy atom. The fourth-order valence-corrected chi connectivity index (χ4v) is 2.99. The van der Waals surface area contributed by atoms with E-state index < -0.39 is 5.97 Å². The largest absolute Gasteiger partial charge is 0.485 e. The van der Waals surface area contributed by atoms with Gasteiger partial charge in [-0.25, -0.2) is 4.79 Å². The minimum Gasteiger partial charge on any atom is -0.485 e. The first-order valence-corrected chi connectivity index (χ1v) is 11.7. The van der Waals surface area contributed by atoms with Gasteiger partial charge in [0.25, 0.3) is 0 Å². The van der Waals surface area contributed by atoms with Crippen LogP contribution in [0.5, 0.6) is 17.2 Å². The topological polar surface area (TPSA) is 88.1 Å². The summed E-state index contributed by atoms with van der Waals surface area (Å²) in [5.41, 5.74) is 2.64. The quantitative estimate of drug-likeness (QED) is 0.113. The van der Waals surface area contributed by atoms with E-state index in [-0.39, 0.29) is 31.6 Å². The predicted octanol–water partition coefficient (Wildman–Crippen LogP) is 4.82. The monoisotopic (exact) mass is 510 g/mol. The molecule has 0 atom stereocenters. The Balaban J connectivity index is 1.42. The lowest BCUT2D eigenvalue weighted by Crippen LogP contribution is -2.09. The van der Waals surface area contributed by atoms with E-state index in [1.54, 1.807) is 36.4 Å². The van der Waals surface area contributed by atoms with Crippen molar-refractivity contribution in [2.24, 2.45) is 0 Å². The fraction of sp³-hybridized carbons (Fsp3) is 0.129. The van der Waals surface area contributed by atoms with E-state index >= 15 is 0 Å². The Kier molecular flexibility index (Phi) is 10.5. The van der Waals surface area contributed by atoms with Gasteiger partial charge in [0.15, 0.2) is 12.4 Å². The van der Waals surface area contributed by atoms with Crippen LogP contribution in [-0.4, -0.2) is 31.1 Å². The van der Waals surface area contributed by atoms with Crippen LogP contribution < -0.4 is 14.2 Å². The Morgan fingerprint density at radius 1 is 0.711 bits per heavy atom. The molecule has 0 heterocycles. The Labute approximate surface area is 221 Å². The summed E-state index contributed by atoms with van der Waals surface area (Å²) >= 11 is 0. The lowest BCUT2D eigenvalue weighted by molar-refractivity contribution is -0.144. The summed E-state index contributed by atoms with van der Waals surface area (Å²) in [6.07, 6.45) is 3.02. The van der Waals surface area contributed by atoms with Crippen LogP contribution in [-0.2, 0) is 25.5 Å². The molecule has 0 spiro atoms. The zero-order valence-electron chi connectivity index (χ0n) is 20.7. The van der Waals surface area contributed by atoms with E-state index in [9.17, 15) is 14.4 Å². The Morgan fingerprint density at radius 3 is 1.87 bits per heavy atom. The summed E-state index contributed by atoms with van der Waals surface area (Å²) < 4.78 is 20.7. The second kappa shape index (κ2) is 14.5. The van der Waals surface area contributed by atoms with Crippen LogP contribution in [0.4, 0.5) is 0 Å². The molecule has 0 aromatic heterocycles. The van der Waals surface area contributed by atoms with Crippen molar-refractivity contribution in [1.82, 2.24) is 0 Å². The van der Waals surface area contributed by atoms with Gasteiger partial charge in [-0.15, -0.1) is 0 Å². The molecule has 0 fully saturated rings. The summed E-state index contributed by atoms with van der Waals surface area (Å²) in [7, 11) is 0. The first-order valence-electron chi connectivity index (χ1n) is 11.7. The molecule has 0 aliphatic heterocycles. The molecular weight excluding hydrogens is 484 g/mol. The second-order valence-electron chi connectivity index (χ2n) is 7.81. The molecule has 0 saturated carbocycles. The van der Waals surface area contributed by atoms with Crippen molar-refractivity contribution < 1.29 is 33.3 Å². The maximum atomic E-state index is 12.2. The third kappa shape index (κ3) is 9.51. The molecular formula is C31H26O7. The molecule has 0 aliphatic rings. The third-order valence-corrected chi connectivity index (χ3v) is 5.03. The molecule has 0 aliphatic carbocycles. The van der Waals surface area contributed by atoms with Crippen molar-refractivity contribution in [2.75, 3.05) is 13.4 Å². The van der Waals surface area contributed by atoms with Gasteiger partial charge in [0, 0.05) is 23.6 Å². The SMILES string of the molecule is C=CC(=O)COc1ccc(C#Cc2ccc(CCC(=O)Oc3ccc(OCOC(=O)C=C)cc3)cc2)cc1. The average Bonchev–Trinajstić information content (AvgIpc) is 2.95. The molecule has 0 amide bonds. The highest BCUT2D eigenvalue weighted by atomic mass is 16.7. The highest BCUT2D eigenvalue weighted by molar-refractivity contribution is 5.90. The van der Waals surface area contributed by atoms with Gasteiger partial charge < -0.3 is 18.9 Å². The molecule has 0 N–H and O–H groups in total. The minimum absolute atomic E-state index is 0.0426. The minimum atomic E-state index is -0.577. The molecule has 38 heavy (non-hydrogen) atoms. The van der Waals surface area contributed by atoms with Gasteiger partial charge in [-0.1, -0.05) is 37.1 Å². The summed E-state index contributed by atoms with van der Waals surface area (Å²) in [5.74, 6) is 6.51. The molecule has 0 bridgehead atoms. The first kappa shape index (κ1) is 27.5. The summed E-state index contributed by atoms with van der Waals surface area (Å²) in [5, 5.41) is 0. The van der Waals surface area contributed by atoms with Gasteiger partial charge >= 0.3 is 11.9 Å². The number of esters is 2. The number of ketones is 1. The summed E-state index contributed by atoms with van der Waals surface area (Å²) in [6, 6.07) is 21.2. The van der Waals surface area contributed by atoms with E-state index in [4.69, 9.17) is 18.9 Å². The van der Waals surface area contributed by atoms with E-state index in [2.05, 4.69) is 25.0 Å². The van der Waals surface area contributed by atoms with Crippen molar-refractivity contribution in [3.05, 3.63) is 115 Å². The molecule has 0 unspecified atom stereocenters. The highest BCUT2D eigenvalue weighted by Crippen LogP contribution is 2.18. The molecule has 7 heteroatoms. The van der Waals surface area contributed by atoms with Crippen molar-refractivity contribution in [3.63, 3.8) is 0 Å². The average molecular weight is 511 g/mol. The molecule has 3 rings (SSSR count). The van der Waals surface area contributed by atoms with Gasteiger partial charge in [-0.3, -0.25) is 9.59 Å². The van der Waals surface area contributed by atoms with Crippen LogP contribution >= 0.6 is 0 Å². The summed E-state index contributed by atoms with van der Waals surface area (Å²) in [6.45, 7) is 6.43. The normalized spacial score (nSPS) is 9.79. The van der Waals surface area contributed by atoms with Crippen LogP contribution in [0, 0.1) is 11.8 Å². The molecule has 7 nitrogen and oxygen atoms in total. The van der Waals surface area contributed by atoms with Gasteiger partial charge in [-0.2, -0.15) is 0 Å². The lowest BCUT2D eigenvalue weighted by atomic mass is 10.1. The zero-order valence-corrected chi connectivity index (χ0v) is 20.7. The van der Waals surface area contributed by atoms with E-state index in [1.807, 2.05) is 36.4 Å². The number of aryl methyl sites for hydroxylation is 1. The number of carbonyl (C=O) groups is 3. The number of rotatable bonds is 12. The Hall–Kier alpha value is -5.09. The number of ether oxygens (including phenoxy) is 4. The fourth-order valence-electron chi connectivity index (χ4n) is 2.99. The van der Waals surface area contributed by atoms with Crippen LogP contribution in [0.2, 0.25) is 0 Å². The number of hydrogen-bond acceptors (Lipinski definition) is 7. The van der Waals surface area contributed by atoms with Crippen LogP contribution in [0.1, 0.15) is 23.1 Å². The first-order chi connectivity index (χ1) is 18.4. The molecule has 3 aromatic rings. The molecule has 0 saturated heterocycles. The zero-order chi connectivity index (χ0) is 27.2. The van der Waals surface area contributed by atoms with Crippen LogP contribution in [0.15, 0.2) is 98.1 Å². The lowest BCUT2D eigenvalue weighted by Gasteiger charge is -2.08. The standard InChI is InChI=1S/C31H26O7/c1-3-26(32)21-35-27-14-11-25(12-15-27)10-7-23-5-8-24(9-6-23)13-20-31(34)38-29-18-16-28(17-19-29)36-22-37-30(33)4-2/h3-6,8-9,11-12,14-19H,1-2,13,20-22H2. The van der Waals surface area contributed by atoms with Crippen molar-refractivity contribution in [3.8, 4) is 29.1 Å². The van der Waals surface area contributed by atoms with Crippen LogP contribution in [0.3, 0.4) is 0 Å². The van der Waals surface area contributed by atoms with Crippen LogP contribution in [0.25, 0.3) is 0 Å². The van der Waals surface area contributed by atoms with E-state index in [1.165, 1.54) is 6.08 Å². The van der Waals surface area contributed by atoms with Gasteiger partial charge in [0.05, 0.1) is 0 Å². The predicted molar refractivity (Wildman–Crippen MR) is 142 cm³/mol. The van der Waals surface area contributed by atoms with Gasteiger partial charge in [-0.05, 0) is 78.7 Å². The van der Waals surface area contributed by atoms with Gasteiger partial charge in [0.1, 0.15) is 17.2 Å².